The van der Waals surface area contributed by atoms with Crippen LogP contribution in [0.1, 0.15) is 23.6 Å². The second kappa shape index (κ2) is 9.32. The molecule has 0 spiro atoms. The first-order chi connectivity index (χ1) is 13.2. The second-order valence-electron chi connectivity index (χ2n) is 6.51. The summed E-state index contributed by atoms with van der Waals surface area (Å²) in [4.78, 5) is 14.5. The van der Waals surface area contributed by atoms with Gasteiger partial charge in [0.05, 0.1) is 12.6 Å². The van der Waals surface area contributed by atoms with E-state index in [9.17, 15) is 15.0 Å². The summed E-state index contributed by atoms with van der Waals surface area (Å²) in [6, 6.07) is 16.4. The summed E-state index contributed by atoms with van der Waals surface area (Å²) >= 11 is 0. The van der Waals surface area contributed by atoms with Gasteiger partial charge in [0, 0.05) is 18.7 Å². The molecular formula is C21H25N3O3. The second-order valence-corrected chi connectivity index (χ2v) is 6.51. The fraction of sp³-hybridized carbons (Fsp3) is 0.286. The van der Waals surface area contributed by atoms with Gasteiger partial charge in [-0.3, -0.25) is 4.79 Å². The Bertz CT molecular complexity index is 779. The molecule has 1 aliphatic rings. The van der Waals surface area contributed by atoms with E-state index in [1.54, 1.807) is 17.0 Å². The van der Waals surface area contributed by atoms with Crippen LogP contribution in [-0.2, 0) is 4.79 Å². The van der Waals surface area contributed by atoms with Crippen molar-refractivity contribution in [3.63, 3.8) is 0 Å². The van der Waals surface area contributed by atoms with Crippen molar-refractivity contribution in [2.75, 3.05) is 19.7 Å². The molecule has 2 unspecified atom stereocenters. The number of rotatable bonds is 7. The number of hydrogen-bond donors (Lipinski definition) is 4. The highest BCUT2D eigenvalue weighted by molar-refractivity contribution is 5.82. The normalized spacial score (nSPS) is 19.4. The first-order valence-corrected chi connectivity index (χ1v) is 9.09. The average Bonchev–Trinajstić information content (AvgIpc) is 3.18. The van der Waals surface area contributed by atoms with E-state index in [0.29, 0.717) is 13.0 Å². The molecule has 1 saturated heterocycles. The predicted octanol–water partition coefficient (Wildman–Crippen LogP) is 1.83. The van der Waals surface area contributed by atoms with Crippen LogP contribution in [-0.4, -0.2) is 46.8 Å². The van der Waals surface area contributed by atoms with E-state index in [0.717, 1.165) is 11.1 Å². The molecule has 6 nitrogen and oxygen atoms in total. The Balaban J connectivity index is 1.61. The Hall–Kier alpha value is -2.67. The molecule has 2 aromatic rings. The van der Waals surface area contributed by atoms with Gasteiger partial charge in [0.15, 0.2) is 0 Å². The Morgan fingerprint density at radius 1 is 1.11 bits per heavy atom. The third-order valence-corrected chi connectivity index (χ3v) is 4.63. The molecule has 1 amide bonds. The maximum Gasteiger partial charge on any atom is 0.241 e. The fourth-order valence-electron chi connectivity index (χ4n) is 3.22. The average molecular weight is 367 g/mol. The summed E-state index contributed by atoms with van der Waals surface area (Å²) < 4.78 is 0. The molecule has 2 atom stereocenters. The topological polar surface area (TPSA) is 84.8 Å². The molecule has 0 aromatic heterocycles. The number of para-hydroxylation sites is 1. The van der Waals surface area contributed by atoms with E-state index in [4.69, 9.17) is 0 Å². The van der Waals surface area contributed by atoms with E-state index in [-0.39, 0.29) is 30.9 Å². The molecule has 6 heteroatoms. The quantitative estimate of drug-likeness (QED) is 0.600. The molecule has 1 heterocycles. The van der Waals surface area contributed by atoms with Crippen LogP contribution in [0.5, 0.6) is 5.75 Å². The van der Waals surface area contributed by atoms with Gasteiger partial charge in [-0.05, 0) is 18.1 Å². The zero-order valence-electron chi connectivity index (χ0n) is 15.1. The number of carbonyl (C=O) groups excluding carboxylic acids is 1. The van der Waals surface area contributed by atoms with Crippen LogP contribution < -0.4 is 10.9 Å². The van der Waals surface area contributed by atoms with Gasteiger partial charge in [-0.2, -0.15) is 0 Å². The number of phenolic OH excluding ortho intramolecular Hbond substituents is 1. The number of carbonyl (C=O) groups is 1. The molecule has 1 aliphatic heterocycles. The van der Waals surface area contributed by atoms with Crippen LogP contribution in [0.4, 0.5) is 0 Å². The summed E-state index contributed by atoms with van der Waals surface area (Å²) in [6.07, 6.45) is 4.41. The van der Waals surface area contributed by atoms with Gasteiger partial charge in [-0.15, -0.1) is 0 Å². The number of aliphatic hydroxyl groups is 1. The molecule has 2 aromatic carbocycles. The van der Waals surface area contributed by atoms with Crippen LogP contribution in [0, 0.1) is 0 Å². The summed E-state index contributed by atoms with van der Waals surface area (Å²) in [5.74, 6) is 0.134. The minimum Gasteiger partial charge on any atom is -0.508 e. The number of amides is 1. The smallest absolute Gasteiger partial charge is 0.241 e. The van der Waals surface area contributed by atoms with Crippen molar-refractivity contribution in [1.82, 2.24) is 15.8 Å². The van der Waals surface area contributed by atoms with E-state index < -0.39 is 6.04 Å². The van der Waals surface area contributed by atoms with Crippen molar-refractivity contribution in [2.45, 2.75) is 18.5 Å². The van der Waals surface area contributed by atoms with Crippen molar-refractivity contribution in [1.29, 1.82) is 0 Å². The highest BCUT2D eigenvalue weighted by Crippen LogP contribution is 2.29. The first kappa shape index (κ1) is 19.1. The number of phenols is 1. The molecule has 0 bridgehead atoms. The van der Waals surface area contributed by atoms with Gasteiger partial charge in [0.1, 0.15) is 11.8 Å². The van der Waals surface area contributed by atoms with Crippen LogP contribution in [0.15, 0.2) is 60.7 Å². The van der Waals surface area contributed by atoms with Crippen molar-refractivity contribution in [3.05, 3.63) is 71.8 Å². The summed E-state index contributed by atoms with van der Waals surface area (Å²) in [6.45, 7) is 0.610. The van der Waals surface area contributed by atoms with Crippen molar-refractivity contribution < 1.29 is 15.0 Å². The number of aromatic hydroxyl groups is 1. The van der Waals surface area contributed by atoms with Crippen LogP contribution in [0.25, 0.3) is 6.08 Å². The summed E-state index contributed by atoms with van der Waals surface area (Å²) in [5.41, 5.74) is 7.93. The molecule has 4 N–H and O–H groups in total. The minimum atomic E-state index is -0.411. The van der Waals surface area contributed by atoms with Gasteiger partial charge in [0.2, 0.25) is 5.91 Å². The minimum absolute atomic E-state index is 0.0767. The number of hydrogen-bond acceptors (Lipinski definition) is 5. The van der Waals surface area contributed by atoms with Crippen molar-refractivity contribution >= 4 is 12.0 Å². The highest BCUT2D eigenvalue weighted by Gasteiger charge is 2.33. The Kier molecular flexibility index (Phi) is 6.59. The van der Waals surface area contributed by atoms with Gasteiger partial charge in [-0.25, -0.2) is 10.9 Å². The lowest BCUT2D eigenvalue weighted by Gasteiger charge is -2.23. The SMILES string of the molecule is O=C(C1CC(c2ccccc2O)NN1)N(C/C=C/c1ccccc1)CCO. The maximum absolute atomic E-state index is 12.9. The zero-order chi connectivity index (χ0) is 19.1. The number of nitrogens with zero attached hydrogens (tertiary/aromatic N) is 1. The van der Waals surface area contributed by atoms with Crippen LogP contribution >= 0.6 is 0 Å². The third-order valence-electron chi connectivity index (χ3n) is 4.63. The number of hydrazine groups is 1. The molecule has 1 fully saturated rings. The Morgan fingerprint density at radius 2 is 1.85 bits per heavy atom. The largest absolute Gasteiger partial charge is 0.508 e. The van der Waals surface area contributed by atoms with Gasteiger partial charge < -0.3 is 15.1 Å². The lowest BCUT2D eigenvalue weighted by molar-refractivity contribution is -0.133. The Morgan fingerprint density at radius 3 is 2.59 bits per heavy atom. The van der Waals surface area contributed by atoms with Crippen molar-refractivity contribution in [3.8, 4) is 5.75 Å². The number of aliphatic hydroxyl groups excluding tert-OH is 1. The van der Waals surface area contributed by atoms with E-state index in [2.05, 4.69) is 10.9 Å². The molecule has 0 aliphatic carbocycles. The molecule has 0 radical (unpaired) electrons. The monoisotopic (exact) mass is 367 g/mol. The first-order valence-electron chi connectivity index (χ1n) is 9.09. The molecule has 0 saturated carbocycles. The number of nitrogens with one attached hydrogen (secondary N) is 2. The van der Waals surface area contributed by atoms with Crippen molar-refractivity contribution in [2.24, 2.45) is 0 Å². The molecule has 142 valence electrons. The van der Waals surface area contributed by atoms with Gasteiger partial charge in [-0.1, -0.05) is 60.7 Å². The summed E-state index contributed by atoms with van der Waals surface area (Å²) in [7, 11) is 0. The van der Waals surface area contributed by atoms with E-state index in [1.807, 2.05) is 54.6 Å². The van der Waals surface area contributed by atoms with Crippen LogP contribution in [0.3, 0.4) is 0 Å². The zero-order valence-corrected chi connectivity index (χ0v) is 15.1. The molecule has 3 rings (SSSR count). The van der Waals surface area contributed by atoms with Gasteiger partial charge in [0.25, 0.3) is 0 Å². The number of benzene rings is 2. The van der Waals surface area contributed by atoms with Gasteiger partial charge >= 0.3 is 0 Å². The van der Waals surface area contributed by atoms with Crippen LogP contribution in [0.2, 0.25) is 0 Å². The lowest BCUT2D eigenvalue weighted by atomic mass is 10.0. The lowest BCUT2D eigenvalue weighted by Crippen LogP contribution is -2.46. The third kappa shape index (κ3) is 4.95. The Labute approximate surface area is 159 Å². The highest BCUT2D eigenvalue weighted by atomic mass is 16.3. The summed E-state index contributed by atoms with van der Waals surface area (Å²) in [5, 5.41) is 19.3. The standard InChI is InChI=1S/C21H25N3O3/c25-14-13-24(12-6-9-16-7-2-1-3-8-16)21(27)19-15-18(22-23-19)17-10-4-5-11-20(17)26/h1-11,18-19,22-23,25-26H,12-15H2/b9-6+. The van der Waals surface area contributed by atoms with E-state index in [1.165, 1.54) is 0 Å². The molecular weight excluding hydrogens is 342 g/mol. The fourth-order valence-corrected chi connectivity index (χ4v) is 3.22. The predicted molar refractivity (Wildman–Crippen MR) is 105 cm³/mol. The van der Waals surface area contributed by atoms with E-state index >= 15 is 0 Å². The maximum atomic E-state index is 12.9. The molecule has 27 heavy (non-hydrogen) atoms.